The minimum Gasteiger partial charge on any atom is -0.478 e. The molecule has 2 rings (SSSR count). The van der Waals surface area contributed by atoms with E-state index in [0.29, 0.717) is 5.56 Å². The average Bonchev–Trinajstić information content (AvgIpc) is 2.23. The zero-order chi connectivity index (χ0) is 11.0. The van der Waals surface area contributed by atoms with Crippen LogP contribution in [0.3, 0.4) is 0 Å². The maximum Gasteiger partial charge on any atom is 0.335 e. The molecule has 2 nitrogen and oxygen atoms in total. The van der Waals surface area contributed by atoms with Gasteiger partial charge in [0.1, 0.15) is 0 Å². The van der Waals surface area contributed by atoms with Crippen LogP contribution in [0.4, 0.5) is 0 Å². The standard InChI is InChI=1S/C13H12O2/c1-8-7-12(13(14)15)9(2)11-6-4-3-5-10(8)11/h3-7H,1-2H3,(H,14,15). The Labute approximate surface area is 88.2 Å². The van der Waals surface area contributed by atoms with Crippen LogP contribution >= 0.6 is 0 Å². The van der Waals surface area contributed by atoms with E-state index in [4.69, 9.17) is 5.11 Å². The first kappa shape index (κ1) is 9.71. The van der Waals surface area contributed by atoms with E-state index in [1.165, 1.54) is 0 Å². The van der Waals surface area contributed by atoms with Crippen molar-refractivity contribution in [1.29, 1.82) is 0 Å². The number of hydrogen-bond donors (Lipinski definition) is 1. The van der Waals surface area contributed by atoms with Gasteiger partial charge in [-0.25, -0.2) is 4.79 Å². The summed E-state index contributed by atoms with van der Waals surface area (Å²) >= 11 is 0. The van der Waals surface area contributed by atoms with Crippen LogP contribution in [0.2, 0.25) is 0 Å². The molecule has 0 aliphatic carbocycles. The first-order chi connectivity index (χ1) is 7.11. The number of hydrogen-bond acceptors (Lipinski definition) is 1. The van der Waals surface area contributed by atoms with Gasteiger partial charge in [-0.05, 0) is 41.8 Å². The maximum absolute atomic E-state index is 11.0. The molecule has 0 saturated heterocycles. The molecular formula is C13H12O2. The molecule has 2 heteroatoms. The van der Waals surface area contributed by atoms with Gasteiger partial charge >= 0.3 is 5.97 Å². The quantitative estimate of drug-likeness (QED) is 0.767. The van der Waals surface area contributed by atoms with Crippen molar-refractivity contribution in [1.82, 2.24) is 0 Å². The van der Waals surface area contributed by atoms with E-state index in [9.17, 15) is 4.79 Å². The van der Waals surface area contributed by atoms with E-state index >= 15 is 0 Å². The first-order valence-corrected chi connectivity index (χ1v) is 4.83. The molecule has 0 bridgehead atoms. The molecule has 0 radical (unpaired) electrons. The number of aryl methyl sites for hydroxylation is 2. The van der Waals surface area contributed by atoms with Crippen LogP contribution in [-0.4, -0.2) is 11.1 Å². The Kier molecular flexibility index (Phi) is 2.19. The highest BCUT2D eigenvalue weighted by atomic mass is 16.4. The largest absolute Gasteiger partial charge is 0.478 e. The van der Waals surface area contributed by atoms with E-state index in [1.807, 2.05) is 38.1 Å². The van der Waals surface area contributed by atoms with Crippen molar-refractivity contribution in [3.63, 3.8) is 0 Å². The van der Waals surface area contributed by atoms with Crippen molar-refractivity contribution in [2.45, 2.75) is 13.8 Å². The van der Waals surface area contributed by atoms with Gasteiger partial charge in [0, 0.05) is 0 Å². The molecule has 0 fully saturated rings. The third-order valence-corrected chi connectivity index (χ3v) is 2.75. The second kappa shape index (κ2) is 3.39. The average molecular weight is 200 g/mol. The number of benzene rings is 2. The lowest BCUT2D eigenvalue weighted by molar-refractivity contribution is 0.0696. The molecule has 0 amide bonds. The molecule has 0 heterocycles. The van der Waals surface area contributed by atoms with E-state index in [1.54, 1.807) is 6.07 Å². The van der Waals surface area contributed by atoms with Gasteiger partial charge in [0.05, 0.1) is 5.56 Å². The highest BCUT2D eigenvalue weighted by Gasteiger charge is 2.11. The van der Waals surface area contributed by atoms with Gasteiger partial charge in [0.15, 0.2) is 0 Å². The third-order valence-electron chi connectivity index (χ3n) is 2.75. The van der Waals surface area contributed by atoms with Crippen molar-refractivity contribution in [2.24, 2.45) is 0 Å². The van der Waals surface area contributed by atoms with Crippen LogP contribution < -0.4 is 0 Å². The Morgan fingerprint density at radius 3 is 2.33 bits per heavy atom. The zero-order valence-electron chi connectivity index (χ0n) is 8.74. The molecule has 0 saturated carbocycles. The lowest BCUT2D eigenvalue weighted by atomic mass is 9.96. The van der Waals surface area contributed by atoms with Crippen molar-refractivity contribution in [2.75, 3.05) is 0 Å². The smallest absolute Gasteiger partial charge is 0.335 e. The van der Waals surface area contributed by atoms with Crippen molar-refractivity contribution < 1.29 is 9.90 Å². The summed E-state index contributed by atoms with van der Waals surface area (Å²) in [6.45, 7) is 3.79. The van der Waals surface area contributed by atoms with Crippen LogP contribution in [0, 0.1) is 13.8 Å². The fourth-order valence-electron chi connectivity index (χ4n) is 1.92. The molecule has 0 aliphatic rings. The summed E-state index contributed by atoms with van der Waals surface area (Å²) in [4.78, 5) is 11.0. The van der Waals surface area contributed by atoms with Gasteiger partial charge in [-0.2, -0.15) is 0 Å². The molecule has 15 heavy (non-hydrogen) atoms. The van der Waals surface area contributed by atoms with Crippen LogP contribution in [0.5, 0.6) is 0 Å². The molecule has 0 atom stereocenters. The normalized spacial score (nSPS) is 10.5. The Bertz CT molecular complexity index is 541. The Morgan fingerprint density at radius 1 is 1.13 bits per heavy atom. The maximum atomic E-state index is 11.0. The number of carboxylic acids is 1. The van der Waals surface area contributed by atoms with Gasteiger partial charge in [0.2, 0.25) is 0 Å². The van der Waals surface area contributed by atoms with Crippen molar-refractivity contribution in [3.05, 3.63) is 47.0 Å². The molecular weight excluding hydrogens is 188 g/mol. The topological polar surface area (TPSA) is 37.3 Å². The Hall–Kier alpha value is -1.83. The van der Waals surface area contributed by atoms with Gasteiger partial charge in [0.25, 0.3) is 0 Å². The molecule has 2 aromatic rings. The van der Waals surface area contributed by atoms with Gasteiger partial charge in [-0.15, -0.1) is 0 Å². The van der Waals surface area contributed by atoms with Gasteiger partial charge in [-0.3, -0.25) is 0 Å². The van der Waals surface area contributed by atoms with Gasteiger partial charge < -0.3 is 5.11 Å². The van der Waals surface area contributed by atoms with Crippen LogP contribution in [0.25, 0.3) is 10.8 Å². The lowest BCUT2D eigenvalue weighted by Crippen LogP contribution is -2.01. The van der Waals surface area contributed by atoms with E-state index in [-0.39, 0.29) is 0 Å². The monoisotopic (exact) mass is 200 g/mol. The molecule has 76 valence electrons. The summed E-state index contributed by atoms with van der Waals surface area (Å²) in [7, 11) is 0. The lowest BCUT2D eigenvalue weighted by Gasteiger charge is -2.08. The minimum absolute atomic E-state index is 0.395. The Morgan fingerprint density at radius 2 is 1.73 bits per heavy atom. The minimum atomic E-state index is -0.860. The number of carbonyl (C=O) groups is 1. The molecule has 1 N–H and O–H groups in total. The number of rotatable bonds is 1. The molecule has 0 aliphatic heterocycles. The van der Waals surface area contributed by atoms with E-state index in [2.05, 4.69) is 0 Å². The van der Waals surface area contributed by atoms with Crippen LogP contribution in [0.1, 0.15) is 21.5 Å². The summed E-state index contributed by atoms with van der Waals surface area (Å²) in [6.07, 6.45) is 0. The van der Waals surface area contributed by atoms with Crippen LogP contribution in [0.15, 0.2) is 30.3 Å². The second-order valence-corrected chi connectivity index (χ2v) is 3.72. The number of fused-ring (bicyclic) bond motifs is 1. The van der Waals surface area contributed by atoms with Crippen LogP contribution in [-0.2, 0) is 0 Å². The third kappa shape index (κ3) is 1.48. The van der Waals surface area contributed by atoms with Crippen molar-refractivity contribution >= 4 is 16.7 Å². The van der Waals surface area contributed by atoms with Gasteiger partial charge in [-0.1, -0.05) is 24.3 Å². The summed E-state index contributed by atoms with van der Waals surface area (Å²) in [5.41, 5.74) is 2.24. The predicted molar refractivity (Wildman–Crippen MR) is 60.4 cm³/mol. The fraction of sp³-hybridized carbons (Fsp3) is 0.154. The molecule has 0 unspecified atom stereocenters. The summed E-state index contributed by atoms with van der Waals surface area (Å²) in [6, 6.07) is 9.61. The number of carboxylic acid groups (broad SMARTS) is 1. The second-order valence-electron chi connectivity index (χ2n) is 3.72. The van der Waals surface area contributed by atoms with Crippen molar-refractivity contribution in [3.8, 4) is 0 Å². The predicted octanol–water partition coefficient (Wildman–Crippen LogP) is 3.15. The summed E-state index contributed by atoms with van der Waals surface area (Å²) in [5, 5.41) is 11.2. The molecule has 0 spiro atoms. The SMILES string of the molecule is Cc1cc(C(=O)O)c(C)c2ccccc12. The highest BCUT2D eigenvalue weighted by Crippen LogP contribution is 2.25. The highest BCUT2D eigenvalue weighted by molar-refractivity contribution is 5.99. The van der Waals surface area contributed by atoms with E-state index < -0.39 is 5.97 Å². The van der Waals surface area contributed by atoms with E-state index in [0.717, 1.165) is 21.9 Å². The fourth-order valence-corrected chi connectivity index (χ4v) is 1.92. The molecule has 0 aromatic heterocycles. The number of aromatic carboxylic acids is 1. The summed E-state index contributed by atoms with van der Waals surface area (Å²) < 4.78 is 0. The molecule has 2 aromatic carbocycles. The summed E-state index contributed by atoms with van der Waals surface area (Å²) in [5.74, 6) is -0.860. The first-order valence-electron chi connectivity index (χ1n) is 4.83. The Balaban J connectivity index is 2.90. The zero-order valence-corrected chi connectivity index (χ0v) is 8.74.